The number of allylic oxidation sites excluding steroid dienone is 1. The average Bonchev–Trinajstić information content (AvgIpc) is 2.81. The highest BCUT2D eigenvalue weighted by Gasteiger charge is 2.14. The minimum atomic E-state index is 0.554. The molecule has 0 N–H and O–H groups in total. The minimum absolute atomic E-state index is 0.554. The number of benzene rings is 3. The van der Waals surface area contributed by atoms with Crippen molar-refractivity contribution in [2.45, 2.75) is 6.42 Å². The zero-order valence-corrected chi connectivity index (χ0v) is 19.8. The van der Waals surface area contributed by atoms with Gasteiger partial charge in [0.15, 0.2) is 0 Å². The molecule has 0 heterocycles. The van der Waals surface area contributed by atoms with Crippen LogP contribution in [0.2, 0.25) is 0 Å². The summed E-state index contributed by atoms with van der Waals surface area (Å²) in [5.74, 6) is 1.42. The first-order valence-electron chi connectivity index (χ1n) is 10.1. The molecule has 30 heavy (non-hydrogen) atoms. The van der Waals surface area contributed by atoms with E-state index in [9.17, 15) is 0 Å². The van der Waals surface area contributed by atoms with Gasteiger partial charge in [-0.15, -0.1) is 11.6 Å². The zero-order chi connectivity index (χ0) is 21.0. The van der Waals surface area contributed by atoms with Crippen molar-refractivity contribution in [3.63, 3.8) is 0 Å². The van der Waals surface area contributed by atoms with Crippen LogP contribution in [0.3, 0.4) is 0 Å². The molecule has 0 aliphatic rings. The molecule has 0 saturated heterocycles. The van der Waals surface area contributed by atoms with Crippen molar-refractivity contribution in [1.82, 2.24) is 0 Å². The van der Waals surface area contributed by atoms with Crippen LogP contribution >= 0.6 is 34.2 Å². The lowest BCUT2D eigenvalue weighted by atomic mass is 9.88. The molecule has 0 amide bonds. The van der Waals surface area contributed by atoms with E-state index in [-0.39, 0.29) is 0 Å². The van der Waals surface area contributed by atoms with Gasteiger partial charge in [-0.2, -0.15) is 0 Å². The highest BCUT2D eigenvalue weighted by molar-refractivity contribution is 14.1. The van der Waals surface area contributed by atoms with Crippen LogP contribution in [0.15, 0.2) is 84.9 Å². The maximum Gasteiger partial charge on any atom is 0.119 e. The van der Waals surface area contributed by atoms with E-state index in [1.54, 1.807) is 0 Å². The molecule has 0 aliphatic heterocycles. The van der Waals surface area contributed by atoms with Crippen molar-refractivity contribution in [2.24, 2.45) is 0 Å². The van der Waals surface area contributed by atoms with E-state index in [1.165, 1.54) is 22.3 Å². The Morgan fingerprint density at radius 1 is 0.700 bits per heavy atom. The van der Waals surface area contributed by atoms with Gasteiger partial charge in [-0.05, 0) is 46.4 Å². The Kier molecular flexibility index (Phi) is 9.74. The summed E-state index contributed by atoms with van der Waals surface area (Å²) in [7, 11) is 0. The van der Waals surface area contributed by atoms with Crippen molar-refractivity contribution in [2.75, 3.05) is 30.1 Å². The third kappa shape index (κ3) is 6.59. The molecule has 3 aromatic carbocycles. The molecule has 3 rings (SSSR count). The highest BCUT2D eigenvalue weighted by atomic mass is 127. The van der Waals surface area contributed by atoms with Crippen LogP contribution in [0.5, 0.6) is 5.75 Å². The van der Waals surface area contributed by atoms with E-state index < -0.39 is 0 Å². The number of halogens is 2. The Morgan fingerprint density at radius 2 is 1.30 bits per heavy atom. The fourth-order valence-corrected chi connectivity index (χ4v) is 3.86. The fourth-order valence-electron chi connectivity index (χ4n) is 3.36. The molecule has 0 fully saturated rings. The Hall–Kier alpha value is -1.82. The predicted octanol–water partition coefficient (Wildman–Crippen LogP) is 7.11. The summed E-state index contributed by atoms with van der Waals surface area (Å²) < 4.78 is 12.3. The van der Waals surface area contributed by atoms with Gasteiger partial charge >= 0.3 is 0 Å². The number of alkyl halides is 2. The van der Waals surface area contributed by atoms with Crippen LogP contribution in [-0.2, 0) is 4.74 Å². The topological polar surface area (TPSA) is 18.5 Å². The van der Waals surface area contributed by atoms with E-state index in [0.29, 0.717) is 19.1 Å². The van der Waals surface area contributed by atoms with Crippen LogP contribution in [0.1, 0.15) is 23.1 Å². The summed E-state index contributed by atoms with van der Waals surface area (Å²) in [6.45, 7) is 1.92. The van der Waals surface area contributed by atoms with Gasteiger partial charge in [0.25, 0.3) is 0 Å². The molecular weight excluding hydrogens is 507 g/mol. The third-order valence-corrected chi connectivity index (χ3v) is 5.32. The summed E-state index contributed by atoms with van der Waals surface area (Å²) >= 11 is 8.52. The van der Waals surface area contributed by atoms with Crippen molar-refractivity contribution in [1.29, 1.82) is 0 Å². The van der Waals surface area contributed by atoms with Crippen LogP contribution in [0.4, 0.5) is 0 Å². The molecule has 0 aliphatic carbocycles. The third-order valence-electron chi connectivity index (χ3n) is 4.69. The molecule has 0 unspecified atom stereocenters. The van der Waals surface area contributed by atoms with Crippen LogP contribution in [-0.4, -0.2) is 30.1 Å². The SMILES string of the molecule is ClCC/C(=C(\c1ccccc1)c1ccc(OCCOCCI)cc1)c1ccccc1. The first kappa shape index (κ1) is 22.9. The standard InChI is InChI=1S/C26H26ClIO2/c27-16-15-25(21-7-3-1-4-8-21)26(22-9-5-2-6-10-22)23-11-13-24(14-12-23)30-20-19-29-18-17-28/h1-14H,15-20H2/b26-25-. The van der Waals surface area contributed by atoms with Gasteiger partial charge in [0.2, 0.25) is 0 Å². The maximum atomic E-state index is 6.22. The summed E-state index contributed by atoms with van der Waals surface area (Å²) in [5.41, 5.74) is 5.99. The van der Waals surface area contributed by atoms with Crippen molar-refractivity contribution >= 4 is 45.3 Å². The van der Waals surface area contributed by atoms with Gasteiger partial charge in [0.1, 0.15) is 12.4 Å². The monoisotopic (exact) mass is 532 g/mol. The lowest BCUT2D eigenvalue weighted by Gasteiger charge is -2.17. The highest BCUT2D eigenvalue weighted by Crippen LogP contribution is 2.35. The van der Waals surface area contributed by atoms with Crippen LogP contribution in [0, 0.1) is 0 Å². The second-order valence-electron chi connectivity index (χ2n) is 6.70. The van der Waals surface area contributed by atoms with Crippen LogP contribution < -0.4 is 4.74 Å². The lowest BCUT2D eigenvalue weighted by Crippen LogP contribution is -2.07. The molecule has 0 spiro atoms. The van der Waals surface area contributed by atoms with E-state index >= 15 is 0 Å². The molecule has 4 heteroatoms. The van der Waals surface area contributed by atoms with E-state index in [1.807, 2.05) is 24.3 Å². The Balaban J connectivity index is 1.93. The summed E-state index contributed by atoms with van der Waals surface area (Å²) in [6.07, 6.45) is 0.794. The first-order chi connectivity index (χ1) is 14.8. The summed E-state index contributed by atoms with van der Waals surface area (Å²) in [5, 5.41) is 0. The molecule has 0 radical (unpaired) electrons. The zero-order valence-electron chi connectivity index (χ0n) is 16.9. The number of rotatable bonds is 11. The molecule has 0 bridgehead atoms. The summed E-state index contributed by atoms with van der Waals surface area (Å²) in [4.78, 5) is 0. The smallest absolute Gasteiger partial charge is 0.119 e. The van der Waals surface area contributed by atoms with Crippen LogP contribution in [0.25, 0.3) is 11.1 Å². The second-order valence-corrected chi connectivity index (χ2v) is 8.16. The molecule has 2 nitrogen and oxygen atoms in total. The second kappa shape index (κ2) is 12.8. The van der Waals surface area contributed by atoms with Crippen molar-refractivity contribution in [3.05, 3.63) is 102 Å². The normalized spacial score (nSPS) is 11.8. The molecule has 0 aromatic heterocycles. The molecule has 0 atom stereocenters. The Bertz CT molecular complexity index is 909. The van der Waals surface area contributed by atoms with Gasteiger partial charge in [-0.3, -0.25) is 0 Å². The average molecular weight is 533 g/mol. The molecular formula is C26H26ClIO2. The Labute approximate surface area is 198 Å². The van der Waals surface area contributed by atoms with Gasteiger partial charge in [-0.25, -0.2) is 0 Å². The van der Waals surface area contributed by atoms with Gasteiger partial charge in [-0.1, -0.05) is 95.4 Å². The quantitative estimate of drug-likeness (QED) is 0.113. The van der Waals surface area contributed by atoms with Gasteiger partial charge < -0.3 is 9.47 Å². The summed E-state index contributed by atoms with van der Waals surface area (Å²) in [6, 6.07) is 29.3. The van der Waals surface area contributed by atoms with Crippen molar-refractivity contribution in [3.8, 4) is 5.75 Å². The van der Waals surface area contributed by atoms with Crippen molar-refractivity contribution < 1.29 is 9.47 Å². The maximum absolute atomic E-state index is 6.22. The number of ether oxygens (including phenoxy) is 2. The predicted molar refractivity (Wildman–Crippen MR) is 136 cm³/mol. The number of hydrogen-bond donors (Lipinski definition) is 0. The lowest BCUT2D eigenvalue weighted by molar-refractivity contribution is 0.113. The fraction of sp³-hybridized carbons (Fsp3) is 0.231. The minimum Gasteiger partial charge on any atom is -0.491 e. The largest absolute Gasteiger partial charge is 0.491 e. The Morgan fingerprint density at radius 3 is 1.90 bits per heavy atom. The molecule has 156 valence electrons. The first-order valence-corrected chi connectivity index (χ1v) is 12.2. The molecule has 0 saturated carbocycles. The number of hydrogen-bond acceptors (Lipinski definition) is 2. The van der Waals surface area contributed by atoms with E-state index in [4.69, 9.17) is 21.1 Å². The van der Waals surface area contributed by atoms with E-state index in [0.717, 1.165) is 28.8 Å². The molecule has 3 aromatic rings. The van der Waals surface area contributed by atoms with Gasteiger partial charge in [0.05, 0.1) is 13.2 Å². The van der Waals surface area contributed by atoms with E-state index in [2.05, 4.69) is 83.3 Å². The van der Waals surface area contributed by atoms with Gasteiger partial charge in [0, 0.05) is 10.3 Å².